The number of nitrogens with one attached hydrogen (secondary N) is 2. The molecule has 2 N–H and O–H groups in total. The molecule has 2 aromatic carbocycles. The maximum atomic E-state index is 6.01. The minimum absolute atomic E-state index is 0.736. The molecule has 140 valence electrons. The highest BCUT2D eigenvalue weighted by Gasteiger charge is 2.05. The van der Waals surface area contributed by atoms with Crippen molar-refractivity contribution in [2.75, 3.05) is 11.5 Å². The van der Waals surface area contributed by atoms with Gasteiger partial charge in [-0.2, -0.15) is 0 Å². The molecule has 4 aromatic rings. The Morgan fingerprint density at radius 1 is 0.815 bits per heavy atom. The fraction of sp³-hybridized carbons (Fsp3) is 0.300. The lowest BCUT2D eigenvalue weighted by molar-refractivity contribution is 0.783. The van der Waals surface area contributed by atoms with Gasteiger partial charge < -0.3 is 9.97 Å². The molecule has 2 heterocycles. The number of H-pyrrole nitrogens is 2. The van der Waals surface area contributed by atoms with Crippen molar-refractivity contribution in [3.05, 3.63) is 47.0 Å². The van der Waals surface area contributed by atoms with Crippen molar-refractivity contribution in [3.8, 4) is 0 Å². The monoisotopic (exact) mass is 416 g/mol. The van der Waals surface area contributed by atoms with Crippen LogP contribution in [0.5, 0.6) is 0 Å². The first-order chi connectivity index (χ1) is 13.2. The maximum absolute atomic E-state index is 6.01. The van der Waals surface area contributed by atoms with E-state index < -0.39 is 0 Å². The molecule has 0 spiro atoms. The Labute approximate surface area is 171 Å². The van der Waals surface area contributed by atoms with E-state index in [1.807, 2.05) is 18.2 Å². The minimum atomic E-state index is 0.736. The predicted octanol–water partition coefficient (Wildman–Crippen LogP) is 6.46. The number of thioether (sulfide) groups is 2. The van der Waals surface area contributed by atoms with Gasteiger partial charge >= 0.3 is 0 Å². The summed E-state index contributed by atoms with van der Waals surface area (Å²) in [5.74, 6) is 2.16. The fourth-order valence-corrected chi connectivity index (χ4v) is 4.86. The van der Waals surface area contributed by atoms with Crippen LogP contribution in [0.25, 0.3) is 22.1 Å². The van der Waals surface area contributed by atoms with Crippen LogP contribution in [0.2, 0.25) is 5.02 Å². The van der Waals surface area contributed by atoms with Gasteiger partial charge in [0.1, 0.15) is 0 Å². The summed E-state index contributed by atoms with van der Waals surface area (Å²) in [7, 11) is 0. The van der Waals surface area contributed by atoms with Gasteiger partial charge in [-0.3, -0.25) is 0 Å². The van der Waals surface area contributed by atoms with Gasteiger partial charge in [-0.15, -0.1) is 0 Å². The Balaban J connectivity index is 1.16. The normalized spacial score (nSPS) is 11.6. The van der Waals surface area contributed by atoms with Crippen molar-refractivity contribution in [2.45, 2.75) is 36.5 Å². The van der Waals surface area contributed by atoms with E-state index in [0.717, 1.165) is 48.9 Å². The number of hydrogen-bond acceptors (Lipinski definition) is 4. The third kappa shape index (κ3) is 4.81. The molecule has 0 saturated carbocycles. The number of halogens is 1. The molecule has 0 saturated heterocycles. The zero-order valence-corrected chi connectivity index (χ0v) is 17.5. The summed E-state index contributed by atoms with van der Waals surface area (Å²) in [5.41, 5.74) is 5.40. The topological polar surface area (TPSA) is 57.4 Å². The Morgan fingerprint density at radius 2 is 1.41 bits per heavy atom. The molecule has 2 aromatic heterocycles. The van der Waals surface area contributed by atoms with Crippen molar-refractivity contribution < 1.29 is 0 Å². The summed E-state index contributed by atoms with van der Waals surface area (Å²) >= 11 is 9.60. The number of benzene rings is 2. The first kappa shape index (κ1) is 18.7. The Kier molecular flexibility index (Phi) is 5.95. The van der Waals surface area contributed by atoms with E-state index in [1.165, 1.54) is 24.8 Å². The van der Waals surface area contributed by atoms with Crippen LogP contribution in [0.1, 0.15) is 24.8 Å². The summed E-state index contributed by atoms with van der Waals surface area (Å²) in [5, 5.41) is 2.73. The standard InChI is InChI=1S/C20H21ClN4S2/c1-13-5-7-15-17(11-13)24-19(22-15)26-9-3-2-4-10-27-20-23-16-8-6-14(21)12-18(16)25-20/h5-8,11-12H,2-4,9-10H2,1H3,(H,22,24)(H,23,25). The van der Waals surface area contributed by atoms with E-state index in [4.69, 9.17) is 11.6 Å². The van der Waals surface area contributed by atoms with Crippen LogP contribution < -0.4 is 0 Å². The first-order valence-corrected chi connectivity index (χ1v) is 11.4. The Bertz CT molecular complexity index is 973. The molecule has 0 fully saturated rings. The quantitative estimate of drug-likeness (QED) is 0.256. The van der Waals surface area contributed by atoms with Gasteiger partial charge in [0.25, 0.3) is 0 Å². The molecule has 27 heavy (non-hydrogen) atoms. The number of imidazole rings is 2. The van der Waals surface area contributed by atoms with E-state index in [2.05, 4.69) is 45.1 Å². The van der Waals surface area contributed by atoms with Gasteiger partial charge in [-0.25, -0.2) is 9.97 Å². The SMILES string of the molecule is Cc1ccc2nc(SCCCCCSc3nc4ccc(Cl)cc4[nH]3)[nH]c2c1. The number of nitrogens with zero attached hydrogens (tertiary/aromatic N) is 2. The fourth-order valence-electron chi connectivity index (χ4n) is 2.91. The number of fused-ring (bicyclic) bond motifs is 2. The molecular weight excluding hydrogens is 396 g/mol. The van der Waals surface area contributed by atoms with Crippen molar-refractivity contribution in [1.82, 2.24) is 19.9 Å². The van der Waals surface area contributed by atoms with Crippen LogP contribution in [0.15, 0.2) is 46.7 Å². The van der Waals surface area contributed by atoms with Crippen LogP contribution in [-0.2, 0) is 0 Å². The lowest BCUT2D eigenvalue weighted by atomic mass is 10.2. The van der Waals surface area contributed by atoms with E-state index >= 15 is 0 Å². The summed E-state index contributed by atoms with van der Waals surface area (Å²) in [6.07, 6.45) is 3.59. The zero-order chi connectivity index (χ0) is 18.6. The van der Waals surface area contributed by atoms with Crippen LogP contribution in [0.4, 0.5) is 0 Å². The van der Waals surface area contributed by atoms with Gasteiger partial charge in [0.15, 0.2) is 10.3 Å². The lowest BCUT2D eigenvalue weighted by Gasteiger charge is -1.99. The average molecular weight is 417 g/mol. The number of rotatable bonds is 8. The van der Waals surface area contributed by atoms with E-state index in [0.29, 0.717) is 0 Å². The smallest absolute Gasteiger partial charge is 0.166 e. The van der Waals surface area contributed by atoms with Gasteiger partial charge in [-0.1, -0.05) is 47.6 Å². The molecular formula is C20H21ClN4S2. The van der Waals surface area contributed by atoms with Crippen LogP contribution >= 0.6 is 35.1 Å². The molecule has 4 nitrogen and oxygen atoms in total. The van der Waals surface area contributed by atoms with Crippen molar-refractivity contribution in [2.24, 2.45) is 0 Å². The van der Waals surface area contributed by atoms with Crippen LogP contribution in [-0.4, -0.2) is 31.4 Å². The van der Waals surface area contributed by atoms with Crippen LogP contribution in [0, 0.1) is 6.92 Å². The van der Waals surface area contributed by atoms with Crippen LogP contribution in [0.3, 0.4) is 0 Å². The molecule has 0 bridgehead atoms. The summed E-state index contributed by atoms with van der Waals surface area (Å²) in [6, 6.07) is 12.1. The summed E-state index contributed by atoms with van der Waals surface area (Å²) in [6.45, 7) is 2.10. The largest absolute Gasteiger partial charge is 0.333 e. The number of hydrogen-bond donors (Lipinski definition) is 2. The predicted molar refractivity (Wildman–Crippen MR) is 117 cm³/mol. The second-order valence-corrected chi connectivity index (χ2v) is 9.13. The van der Waals surface area contributed by atoms with Gasteiger partial charge in [0, 0.05) is 16.5 Å². The third-order valence-corrected chi connectivity index (χ3v) is 6.46. The van der Waals surface area contributed by atoms with E-state index in [-0.39, 0.29) is 0 Å². The highest BCUT2D eigenvalue weighted by molar-refractivity contribution is 7.99. The minimum Gasteiger partial charge on any atom is -0.333 e. The number of unbranched alkanes of at least 4 members (excludes halogenated alkanes) is 2. The summed E-state index contributed by atoms with van der Waals surface area (Å²) < 4.78 is 0. The number of aromatic nitrogens is 4. The second-order valence-electron chi connectivity index (χ2n) is 6.52. The van der Waals surface area contributed by atoms with Gasteiger partial charge in [-0.05, 0) is 55.7 Å². The molecule has 0 radical (unpaired) electrons. The lowest BCUT2D eigenvalue weighted by Crippen LogP contribution is -1.86. The molecule has 0 aliphatic heterocycles. The Hall–Kier alpha value is -1.63. The molecule has 0 aliphatic rings. The highest BCUT2D eigenvalue weighted by atomic mass is 35.5. The summed E-state index contributed by atoms with van der Waals surface area (Å²) in [4.78, 5) is 16.0. The number of aryl methyl sites for hydroxylation is 1. The zero-order valence-electron chi connectivity index (χ0n) is 15.1. The van der Waals surface area contributed by atoms with E-state index in [9.17, 15) is 0 Å². The molecule has 4 rings (SSSR count). The number of aromatic amines is 2. The molecule has 0 aliphatic carbocycles. The van der Waals surface area contributed by atoms with Crippen molar-refractivity contribution in [1.29, 1.82) is 0 Å². The van der Waals surface area contributed by atoms with Gasteiger partial charge in [0.05, 0.1) is 22.1 Å². The first-order valence-electron chi connectivity index (χ1n) is 9.05. The molecule has 0 atom stereocenters. The van der Waals surface area contributed by atoms with Gasteiger partial charge in [0.2, 0.25) is 0 Å². The molecule has 0 unspecified atom stereocenters. The highest BCUT2D eigenvalue weighted by Crippen LogP contribution is 2.24. The Morgan fingerprint density at radius 3 is 2.07 bits per heavy atom. The average Bonchev–Trinajstić information content (AvgIpc) is 3.23. The third-order valence-electron chi connectivity index (χ3n) is 4.30. The molecule has 7 heteroatoms. The van der Waals surface area contributed by atoms with Crippen molar-refractivity contribution >= 4 is 57.2 Å². The molecule has 0 amide bonds. The maximum Gasteiger partial charge on any atom is 0.166 e. The second kappa shape index (κ2) is 8.59. The van der Waals surface area contributed by atoms with Crippen molar-refractivity contribution in [3.63, 3.8) is 0 Å². The van der Waals surface area contributed by atoms with E-state index in [1.54, 1.807) is 23.5 Å².